The van der Waals surface area contributed by atoms with E-state index < -0.39 is 6.04 Å². The molecule has 1 heterocycles. The molecule has 24 heavy (non-hydrogen) atoms. The van der Waals surface area contributed by atoms with Crippen LogP contribution in [0.3, 0.4) is 0 Å². The summed E-state index contributed by atoms with van der Waals surface area (Å²) in [4.78, 5) is 12.5. The summed E-state index contributed by atoms with van der Waals surface area (Å²) in [6.45, 7) is 9.51. The monoisotopic (exact) mass is 346 g/mol. The Kier molecular flexibility index (Phi) is 5.98. The van der Waals surface area contributed by atoms with E-state index in [1.807, 2.05) is 45.0 Å². The van der Waals surface area contributed by atoms with E-state index in [0.29, 0.717) is 28.7 Å². The lowest BCUT2D eigenvalue weighted by Gasteiger charge is -2.30. The molecule has 128 valence electrons. The standard InChI is InChI=1S/C18H22N2O3S/c1-5-9-22-14-8-6-7-13(10-14)16-15(17(21)23-11(2)3)12(4)19-18(24)20-16/h5-8,10-11,16H,1,9H2,2-4H3,(H2,19,20,24)/t16-/m0/s1. The summed E-state index contributed by atoms with van der Waals surface area (Å²) in [6.07, 6.45) is 1.48. The zero-order chi connectivity index (χ0) is 17.7. The van der Waals surface area contributed by atoms with Crippen molar-refractivity contribution in [3.63, 3.8) is 0 Å². The van der Waals surface area contributed by atoms with Crippen molar-refractivity contribution in [3.8, 4) is 5.75 Å². The fourth-order valence-electron chi connectivity index (χ4n) is 2.43. The maximum absolute atomic E-state index is 12.5. The second-order valence-corrected chi connectivity index (χ2v) is 6.10. The Balaban J connectivity index is 2.37. The van der Waals surface area contributed by atoms with Gasteiger partial charge in [-0.1, -0.05) is 24.8 Å². The molecule has 1 aliphatic rings. The first kappa shape index (κ1) is 18.0. The summed E-state index contributed by atoms with van der Waals surface area (Å²) in [5, 5.41) is 6.59. The molecule has 0 amide bonds. The second-order valence-electron chi connectivity index (χ2n) is 5.70. The van der Waals surface area contributed by atoms with E-state index in [0.717, 1.165) is 5.56 Å². The molecule has 2 rings (SSSR count). The molecule has 0 unspecified atom stereocenters. The molecule has 1 atom stereocenters. The minimum absolute atomic E-state index is 0.199. The molecule has 0 fully saturated rings. The number of hydrogen-bond acceptors (Lipinski definition) is 4. The van der Waals surface area contributed by atoms with Gasteiger partial charge >= 0.3 is 5.97 Å². The Morgan fingerprint density at radius 3 is 2.88 bits per heavy atom. The Bertz CT molecular complexity index is 683. The third-order valence-electron chi connectivity index (χ3n) is 3.39. The maximum atomic E-state index is 12.5. The van der Waals surface area contributed by atoms with Crippen LogP contribution in [-0.4, -0.2) is 23.8 Å². The summed E-state index contributed by atoms with van der Waals surface area (Å²) in [5.41, 5.74) is 2.07. The molecule has 0 bridgehead atoms. The van der Waals surface area contributed by atoms with Gasteiger partial charge in [-0.25, -0.2) is 4.79 Å². The van der Waals surface area contributed by atoms with Gasteiger partial charge in [0.15, 0.2) is 5.11 Å². The molecule has 0 saturated carbocycles. The molecule has 5 nitrogen and oxygen atoms in total. The van der Waals surface area contributed by atoms with E-state index in [1.165, 1.54) is 0 Å². The lowest BCUT2D eigenvalue weighted by molar-refractivity contribution is -0.143. The number of thiocarbonyl (C=S) groups is 1. The van der Waals surface area contributed by atoms with Crippen LogP contribution in [0.4, 0.5) is 0 Å². The van der Waals surface area contributed by atoms with Crippen LogP contribution in [0.5, 0.6) is 5.75 Å². The van der Waals surface area contributed by atoms with Gasteiger partial charge in [0.2, 0.25) is 0 Å². The summed E-state index contributed by atoms with van der Waals surface area (Å²) in [6, 6.07) is 7.14. The Morgan fingerprint density at radius 1 is 1.46 bits per heavy atom. The van der Waals surface area contributed by atoms with Crippen LogP contribution in [0.15, 0.2) is 48.2 Å². The highest BCUT2D eigenvalue weighted by Crippen LogP contribution is 2.30. The number of nitrogens with one attached hydrogen (secondary N) is 2. The Hall–Kier alpha value is -2.34. The number of hydrogen-bond donors (Lipinski definition) is 2. The van der Waals surface area contributed by atoms with Crippen LogP contribution in [0.1, 0.15) is 32.4 Å². The lowest BCUT2D eigenvalue weighted by Crippen LogP contribution is -2.45. The van der Waals surface area contributed by atoms with E-state index in [2.05, 4.69) is 17.2 Å². The largest absolute Gasteiger partial charge is 0.490 e. The molecule has 1 aliphatic heterocycles. The zero-order valence-electron chi connectivity index (χ0n) is 14.1. The van der Waals surface area contributed by atoms with Crippen molar-refractivity contribution >= 4 is 23.3 Å². The molecule has 0 spiro atoms. The minimum Gasteiger partial charge on any atom is -0.490 e. The van der Waals surface area contributed by atoms with Gasteiger partial charge in [-0.2, -0.15) is 0 Å². The summed E-state index contributed by atoms with van der Waals surface area (Å²) in [7, 11) is 0. The molecule has 6 heteroatoms. The molecular weight excluding hydrogens is 324 g/mol. The fraction of sp³-hybridized carbons (Fsp3) is 0.333. The first-order chi connectivity index (χ1) is 11.4. The summed E-state index contributed by atoms with van der Waals surface area (Å²) < 4.78 is 11.0. The van der Waals surface area contributed by atoms with E-state index >= 15 is 0 Å². The zero-order valence-corrected chi connectivity index (χ0v) is 14.9. The van der Waals surface area contributed by atoms with Gasteiger partial charge in [-0.3, -0.25) is 0 Å². The van der Waals surface area contributed by atoms with E-state index in [4.69, 9.17) is 21.7 Å². The van der Waals surface area contributed by atoms with Gasteiger partial charge in [0, 0.05) is 5.70 Å². The first-order valence-corrected chi connectivity index (χ1v) is 8.16. The van der Waals surface area contributed by atoms with E-state index in [1.54, 1.807) is 6.08 Å². The van der Waals surface area contributed by atoms with Crippen LogP contribution in [0.25, 0.3) is 0 Å². The topological polar surface area (TPSA) is 59.6 Å². The highest BCUT2D eigenvalue weighted by atomic mass is 32.1. The van der Waals surface area contributed by atoms with Crippen LogP contribution < -0.4 is 15.4 Å². The van der Waals surface area contributed by atoms with Gasteiger partial charge < -0.3 is 20.1 Å². The second kappa shape index (κ2) is 7.97. The fourth-order valence-corrected chi connectivity index (χ4v) is 2.70. The van der Waals surface area contributed by atoms with Crippen molar-refractivity contribution in [2.45, 2.75) is 32.9 Å². The molecule has 0 aliphatic carbocycles. The molecular formula is C18H22N2O3S. The quantitative estimate of drug-likeness (QED) is 0.469. The average molecular weight is 346 g/mol. The van der Waals surface area contributed by atoms with Crippen molar-refractivity contribution < 1.29 is 14.3 Å². The minimum atomic E-state index is -0.391. The number of allylic oxidation sites excluding steroid dienone is 1. The number of carbonyl (C=O) groups excluding carboxylic acids is 1. The molecule has 1 aromatic rings. The number of esters is 1. The van der Waals surface area contributed by atoms with Crippen molar-refractivity contribution in [2.24, 2.45) is 0 Å². The molecule has 0 saturated heterocycles. The smallest absolute Gasteiger partial charge is 0.338 e. The van der Waals surface area contributed by atoms with Gasteiger partial charge in [0.05, 0.1) is 17.7 Å². The summed E-state index contributed by atoms with van der Waals surface area (Å²) >= 11 is 5.24. The van der Waals surface area contributed by atoms with Gasteiger partial charge in [-0.15, -0.1) is 0 Å². The number of benzene rings is 1. The van der Waals surface area contributed by atoms with E-state index in [-0.39, 0.29) is 12.1 Å². The third-order valence-corrected chi connectivity index (χ3v) is 3.61. The van der Waals surface area contributed by atoms with Gasteiger partial charge in [0.25, 0.3) is 0 Å². The van der Waals surface area contributed by atoms with E-state index in [9.17, 15) is 4.79 Å². The van der Waals surface area contributed by atoms with Crippen LogP contribution in [-0.2, 0) is 9.53 Å². The highest BCUT2D eigenvalue weighted by molar-refractivity contribution is 7.80. The summed E-state index contributed by atoms with van der Waals surface area (Å²) in [5.74, 6) is 0.334. The average Bonchev–Trinajstić information content (AvgIpc) is 2.51. The van der Waals surface area contributed by atoms with Crippen molar-refractivity contribution in [1.29, 1.82) is 0 Å². The Labute approximate surface area is 147 Å². The third kappa shape index (κ3) is 4.35. The molecule has 2 N–H and O–H groups in total. The molecule has 0 radical (unpaired) electrons. The Morgan fingerprint density at radius 2 is 2.21 bits per heavy atom. The number of ether oxygens (including phenoxy) is 2. The van der Waals surface area contributed by atoms with Crippen LogP contribution in [0.2, 0.25) is 0 Å². The molecule has 0 aromatic heterocycles. The number of carbonyl (C=O) groups is 1. The predicted octanol–water partition coefficient (Wildman–Crippen LogP) is 3.00. The maximum Gasteiger partial charge on any atom is 0.338 e. The van der Waals surface area contributed by atoms with Crippen LogP contribution >= 0.6 is 12.2 Å². The number of rotatable bonds is 6. The molecule has 1 aromatic carbocycles. The van der Waals surface area contributed by atoms with Crippen molar-refractivity contribution in [3.05, 3.63) is 53.8 Å². The van der Waals surface area contributed by atoms with Gasteiger partial charge in [0.1, 0.15) is 12.4 Å². The van der Waals surface area contributed by atoms with Crippen LogP contribution in [0, 0.1) is 0 Å². The predicted molar refractivity (Wildman–Crippen MR) is 97.7 cm³/mol. The van der Waals surface area contributed by atoms with Gasteiger partial charge in [-0.05, 0) is 50.7 Å². The normalized spacial score (nSPS) is 17.2. The highest BCUT2D eigenvalue weighted by Gasteiger charge is 2.31. The lowest BCUT2D eigenvalue weighted by atomic mass is 9.95. The van der Waals surface area contributed by atoms with Crippen molar-refractivity contribution in [1.82, 2.24) is 10.6 Å². The SMILES string of the molecule is C=CCOc1cccc([C@@H]2NC(=S)NC(C)=C2C(=O)OC(C)C)c1. The first-order valence-electron chi connectivity index (χ1n) is 7.75. The van der Waals surface area contributed by atoms with Crippen molar-refractivity contribution in [2.75, 3.05) is 6.61 Å².